The molecule has 2 aliphatic heterocycles. The second-order valence-electron chi connectivity index (χ2n) is 10.2. The van der Waals surface area contributed by atoms with Crippen molar-refractivity contribution in [2.75, 3.05) is 56.7 Å². The molecular weight excluding hydrogens is 523 g/mol. The van der Waals surface area contributed by atoms with Crippen LogP contribution in [0.4, 0.5) is 29.5 Å². The molecule has 40 heavy (non-hydrogen) atoms. The number of nitrogens with one attached hydrogen (secondary N) is 1. The van der Waals surface area contributed by atoms with Gasteiger partial charge in [-0.1, -0.05) is 6.07 Å². The number of aryl methyl sites for hydroxylation is 1. The number of carbonyl (C=O) groups is 1. The number of rotatable bonds is 6. The van der Waals surface area contributed by atoms with Gasteiger partial charge in [-0.3, -0.25) is 0 Å². The molecule has 2 amide bonds. The average Bonchev–Trinajstić information content (AvgIpc) is 3.41. The van der Waals surface area contributed by atoms with E-state index in [1.807, 2.05) is 43.3 Å². The van der Waals surface area contributed by atoms with Gasteiger partial charge in [0.15, 0.2) is 0 Å². The summed E-state index contributed by atoms with van der Waals surface area (Å²) < 4.78 is 49.3. The van der Waals surface area contributed by atoms with Crippen molar-refractivity contribution in [2.45, 2.75) is 25.9 Å². The number of urea groups is 1. The first-order valence-corrected chi connectivity index (χ1v) is 13.3. The van der Waals surface area contributed by atoms with E-state index in [1.165, 1.54) is 4.90 Å². The van der Waals surface area contributed by atoms with Crippen molar-refractivity contribution >= 4 is 17.5 Å². The van der Waals surface area contributed by atoms with E-state index in [-0.39, 0.29) is 6.54 Å². The first kappa shape index (κ1) is 27.7. The lowest BCUT2D eigenvalue weighted by molar-refractivity contribution is -0.143. The Morgan fingerprint density at radius 3 is 2.65 bits per heavy atom. The van der Waals surface area contributed by atoms with Crippen LogP contribution >= 0.6 is 0 Å². The fraction of sp³-hybridized carbons (Fsp3) is 0.414. The number of hydrogen-bond donors (Lipinski definition) is 1. The number of nitrogens with zero attached hydrogens (tertiary/aromatic N) is 4. The van der Waals surface area contributed by atoms with Crippen LogP contribution in [-0.2, 0) is 4.74 Å². The number of halogens is 3. The fourth-order valence-electron chi connectivity index (χ4n) is 5.18. The van der Waals surface area contributed by atoms with Gasteiger partial charge in [0.25, 0.3) is 0 Å². The van der Waals surface area contributed by atoms with Crippen LogP contribution < -0.4 is 15.0 Å². The van der Waals surface area contributed by atoms with Crippen molar-refractivity contribution in [3.05, 3.63) is 54.2 Å². The van der Waals surface area contributed by atoms with Gasteiger partial charge in [-0.2, -0.15) is 13.2 Å². The minimum atomic E-state index is -4.23. The summed E-state index contributed by atoms with van der Waals surface area (Å²) in [5.74, 6) is 0.728. The van der Waals surface area contributed by atoms with E-state index in [0.717, 1.165) is 46.9 Å². The monoisotopic (exact) mass is 555 g/mol. The maximum absolute atomic E-state index is 12.9. The molecule has 2 aromatic heterocycles. The minimum Gasteiger partial charge on any atom is -0.481 e. The third-order valence-electron chi connectivity index (χ3n) is 7.28. The van der Waals surface area contributed by atoms with Gasteiger partial charge in [-0.05, 0) is 66.3 Å². The van der Waals surface area contributed by atoms with E-state index in [4.69, 9.17) is 14.5 Å². The molecule has 2 fully saturated rings. The molecule has 0 bridgehead atoms. The summed E-state index contributed by atoms with van der Waals surface area (Å²) in [6.07, 6.45) is -3.08. The Hall–Kier alpha value is -3.86. The molecular formula is C29H32F3N5O3. The first-order chi connectivity index (χ1) is 19.2. The number of ether oxygens (including phenoxy) is 2. The molecule has 1 aromatic carbocycles. The minimum absolute atomic E-state index is 0.0933. The van der Waals surface area contributed by atoms with Crippen LogP contribution in [0.25, 0.3) is 22.4 Å². The van der Waals surface area contributed by atoms with Crippen LogP contribution in [0.2, 0.25) is 0 Å². The predicted octanol–water partition coefficient (Wildman–Crippen LogP) is 5.77. The Labute approximate surface area is 231 Å². The van der Waals surface area contributed by atoms with Crippen molar-refractivity contribution < 1.29 is 27.4 Å². The maximum Gasteiger partial charge on any atom is 0.389 e. The number of morpholine rings is 1. The van der Waals surface area contributed by atoms with Crippen molar-refractivity contribution in [3.63, 3.8) is 0 Å². The van der Waals surface area contributed by atoms with Crippen molar-refractivity contribution in [1.29, 1.82) is 0 Å². The zero-order valence-corrected chi connectivity index (χ0v) is 22.5. The normalized spacial score (nSPS) is 17.7. The van der Waals surface area contributed by atoms with E-state index >= 15 is 0 Å². The van der Waals surface area contributed by atoms with Crippen LogP contribution in [0.5, 0.6) is 5.88 Å². The number of methoxy groups -OCH3 is 1. The van der Waals surface area contributed by atoms with Crippen LogP contribution in [-0.4, -0.2) is 73.6 Å². The lowest BCUT2D eigenvalue weighted by Crippen LogP contribution is -2.36. The number of anilines is 2. The Morgan fingerprint density at radius 1 is 1.10 bits per heavy atom. The Balaban J connectivity index is 1.43. The molecule has 2 saturated heterocycles. The third-order valence-corrected chi connectivity index (χ3v) is 7.28. The molecule has 0 radical (unpaired) electrons. The van der Waals surface area contributed by atoms with E-state index in [9.17, 15) is 18.0 Å². The molecule has 11 heteroatoms. The number of carbonyl (C=O) groups excluding carboxylic acids is 1. The van der Waals surface area contributed by atoms with Gasteiger partial charge in [0.05, 0.1) is 26.0 Å². The number of pyridine rings is 2. The molecule has 5 rings (SSSR count). The van der Waals surface area contributed by atoms with E-state index in [0.29, 0.717) is 37.7 Å². The number of aromatic nitrogens is 2. The van der Waals surface area contributed by atoms with Crippen molar-refractivity contribution in [3.8, 4) is 28.3 Å². The zero-order valence-electron chi connectivity index (χ0n) is 22.5. The highest BCUT2D eigenvalue weighted by Gasteiger charge is 2.36. The summed E-state index contributed by atoms with van der Waals surface area (Å²) in [4.78, 5) is 25.7. The molecule has 0 aliphatic carbocycles. The highest BCUT2D eigenvalue weighted by atomic mass is 19.4. The SMILES string of the molecule is COc1cc(-c2cc(-c3cc(NC(=O)N4CC[C@@H](CC(F)(F)F)C4)ccc3C)cc(N3CCOCC3)n2)ccn1. The molecule has 1 N–H and O–H groups in total. The number of benzene rings is 1. The van der Waals surface area contributed by atoms with E-state index < -0.39 is 24.5 Å². The van der Waals surface area contributed by atoms with Crippen LogP contribution in [0.3, 0.4) is 0 Å². The number of hydrogen-bond acceptors (Lipinski definition) is 6. The molecule has 8 nitrogen and oxygen atoms in total. The van der Waals surface area contributed by atoms with Gasteiger partial charge in [0, 0.05) is 56.1 Å². The number of alkyl halides is 3. The summed E-state index contributed by atoms with van der Waals surface area (Å²) in [5.41, 5.74) is 5.01. The summed E-state index contributed by atoms with van der Waals surface area (Å²) in [6, 6.07) is 13.0. The van der Waals surface area contributed by atoms with Gasteiger partial charge in [0.2, 0.25) is 5.88 Å². The van der Waals surface area contributed by atoms with Crippen LogP contribution in [0, 0.1) is 12.8 Å². The van der Waals surface area contributed by atoms with Gasteiger partial charge >= 0.3 is 12.2 Å². The average molecular weight is 556 g/mol. The van der Waals surface area contributed by atoms with Crippen LogP contribution in [0.15, 0.2) is 48.7 Å². The third kappa shape index (κ3) is 6.64. The second kappa shape index (κ2) is 11.7. The molecule has 2 aliphatic rings. The predicted molar refractivity (Wildman–Crippen MR) is 147 cm³/mol. The van der Waals surface area contributed by atoms with Gasteiger partial charge < -0.3 is 24.6 Å². The van der Waals surface area contributed by atoms with Crippen LogP contribution in [0.1, 0.15) is 18.4 Å². The molecule has 0 spiro atoms. The van der Waals surface area contributed by atoms with Crippen molar-refractivity contribution in [2.24, 2.45) is 5.92 Å². The summed E-state index contributed by atoms with van der Waals surface area (Å²) in [5, 5.41) is 2.88. The number of likely N-dealkylation sites (tertiary alicyclic amines) is 1. The lowest BCUT2D eigenvalue weighted by atomic mass is 9.98. The van der Waals surface area contributed by atoms with Crippen molar-refractivity contribution in [1.82, 2.24) is 14.9 Å². The molecule has 212 valence electrons. The second-order valence-corrected chi connectivity index (χ2v) is 10.2. The van der Waals surface area contributed by atoms with Gasteiger partial charge in [-0.15, -0.1) is 0 Å². The molecule has 3 aromatic rings. The Bertz CT molecular complexity index is 1360. The summed E-state index contributed by atoms with van der Waals surface area (Å²) in [7, 11) is 1.57. The quantitative estimate of drug-likeness (QED) is 0.416. The standard InChI is InChI=1S/C29H32F3N5O3/c1-19-3-4-23(34-28(38)37-8-6-20(18-37)17-29(30,31)32)16-24(19)22-13-25(21-5-7-33-27(15-21)39-2)35-26(14-22)36-9-11-40-12-10-36/h3-5,7,13-16,20H,6,8-12,17-18H2,1-2H3,(H,34,38)/t20-/m0/s1. The smallest absolute Gasteiger partial charge is 0.389 e. The van der Waals surface area contributed by atoms with Gasteiger partial charge in [0.1, 0.15) is 5.82 Å². The Kier molecular flexibility index (Phi) is 8.11. The highest BCUT2D eigenvalue weighted by Crippen LogP contribution is 2.34. The maximum atomic E-state index is 12.9. The lowest BCUT2D eigenvalue weighted by Gasteiger charge is -2.28. The topological polar surface area (TPSA) is 79.8 Å². The molecule has 0 unspecified atom stereocenters. The van der Waals surface area contributed by atoms with Gasteiger partial charge in [-0.25, -0.2) is 14.8 Å². The van der Waals surface area contributed by atoms with E-state index in [2.05, 4.69) is 15.2 Å². The molecule has 4 heterocycles. The molecule has 0 saturated carbocycles. The largest absolute Gasteiger partial charge is 0.481 e. The number of amides is 2. The van der Waals surface area contributed by atoms with E-state index in [1.54, 1.807) is 19.4 Å². The summed E-state index contributed by atoms with van der Waals surface area (Å²) in [6.45, 7) is 5.06. The highest BCUT2D eigenvalue weighted by molar-refractivity contribution is 5.91. The fourth-order valence-corrected chi connectivity index (χ4v) is 5.18. The zero-order chi connectivity index (χ0) is 28.3. The first-order valence-electron chi connectivity index (χ1n) is 13.3. The summed E-state index contributed by atoms with van der Waals surface area (Å²) >= 11 is 0. The Morgan fingerprint density at radius 2 is 1.90 bits per heavy atom. The molecule has 1 atom stereocenters.